The summed E-state index contributed by atoms with van der Waals surface area (Å²) >= 11 is 2.06. The second kappa shape index (κ2) is 7.34. The van der Waals surface area contributed by atoms with Gasteiger partial charge < -0.3 is 18.4 Å². The van der Waals surface area contributed by atoms with Crippen LogP contribution in [0.3, 0.4) is 0 Å². The molecule has 3 spiro atoms. The molecule has 4 aliphatic rings. The average molecular weight is 523 g/mol. The predicted octanol–water partition coefficient (Wildman–Crippen LogP) is 4.84. The Bertz CT molecular complexity index is 874. The number of aryl methyl sites for hydroxylation is 1. The number of hydrogen-bond acceptors (Lipinski definition) is 5. The molecule has 0 radical (unpaired) electrons. The van der Waals surface area contributed by atoms with Crippen LogP contribution in [0, 0.1) is 5.41 Å². The molecule has 0 bridgehead atoms. The normalized spacial score (nSPS) is 36.5. The van der Waals surface area contributed by atoms with Crippen molar-refractivity contribution in [1.82, 2.24) is 4.90 Å². The smallest absolute Gasteiger partial charge is 0.194 e. The highest BCUT2D eigenvalue weighted by Crippen LogP contribution is 2.85. The third kappa shape index (κ3) is 2.56. The van der Waals surface area contributed by atoms with Crippen LogP contribution < -0.4 is 5.73 Å². The highest BCUT2D eigenvalue weighted by Gasteiger charge is 2.93. The van der Waals surface area contributed by atoms with Gasteiger partial charge in [-0.15, -0.1) is 0 Å². The van der Waals surface area contributed by atoms with Gasteiger partial charge in [0.25, 0.3) is 0 Å². The standard InChI is InChI=1S/C24H34IN3O2/c1-4-5-6-7-17-8-9-18-13-22-11-10-19(30-25)14-23(22)24(22,20(18)12-17)27-21(26)28(15-29-23)16(2)3/h8-9,12,16,19H,4-7,10-11,13-15H2,1-3H3,(H2,26,27)/t19-,22-,23?,24?/m0/s1. The van der Waals surface area contributed by atoms with Gasteiger partial charge in [0.2, 0.25) is 0 Å². The molecule has 0 saturated heterocycles. The van der Waals surface area contributed by atoms with E-state index in [0.29, 0.717) is 12.7 Å². The van der Waals surface area contributed by atoms with Crippen LogP contribution in [0.1, 0.15) is 76.0 Å². The molecular weight excluding hydrogens is 489 g/mol. The number of guanidine groups is 1. The first-order chi connectivity index (χ1) is 14.4. The summed E-state index contributed by atoms with van der Waals surface area (Å²) in [7, 11) is 0. The molecule has 2 N–H and O–H groups in total. The largest absolute Gasteiger partial charge is 0.370 e. The molecule has 5 nitrogen and oxygen atoms in total. The van der Waals surface area contributed by atoms with E-state index in [9.17, 15) is 0 Å². The van der Waals surface area contributed by atoms with Gasteiger partial charge in [-0.2, -0.15) is 0 Å². The minimum absolute atomic E-state index is 0.0315. The van der Waals surface area contributed by atoms with Gasteiger partial charge >= 0.3 is 0 Å². The first-order valence-corrected chi connectivity index (χ1v) is 12.5. The quantitative estimate of drug-likeness (QED) is 0.428. The summed E-state index contributed by atoms with van der Waals surface area (Å²) in [5, 5.41) is 0. The summed E-state index contributed by atoms with van der Waals surface area (Å²) in [4.78, 5) is 7.45. The molecule has 4 atom stereocenters. The summed E-state index contributed by atoms with van der Waals surface area (Å²) in [6, 6.07) is 7.38. The SMILES string of the molecule is CCCCCc1ccc2c(c1)C13N=C(N)N(C(C)C)COC14C[C@@H](OI)CC[C@]43C2. The summed E-state index contributed by atoms with van der Waals surface area (Å²) in [6.07, 6.45) is 9.22. The molecule has 164 valence electrons. The fourth-order valence-electron chi connectivity index (χ4n) is 6.81. The van der Waals surface area contributed by atoms with Gasteiger partial charge in [-0.25, -0.2) is 4.99 Å². The van der Waals surface area contributed by atoms with E-state index in [1.807, 2.05) is 0 Å². The van der Waals surface area contributed by atoms with Crippen molar-refractivity contribution in [3.63, 3.8) is 0 Å². The Kier molecular flexibility index (Phi) is 5.14. The number of hydrogen-bond donors (Lipinski definition) is 1. The number of halogens is 1. The van der Waals surface area contributed by atoms with Gasteiger partial charge in [0.05, 0.1) is 6.10 Å². The summed E-state index contributed by atoms with van der Waals surface area (Å²) in [6.45, 7) is 7.07. The van der Waals surface area contributed by atoms with Crippen LogP contribution in [-0.2, 0) is 26.2 Å². The second-order valence-corrected chi connectivity index (χ2v) is 10.5. The number of ether oxygens (including phenoxy) is 1. The van der Waals surface area contributed by atoms with E-state index < -0.39 is 0 Å². The zero-order valence-electron chi connectivity index (χ0n) is 18.4. The number of nitrogens with two attached hydrogens (primary N) is 1. The Morgan fingerprint density at radius 2 is 2.20 bits per heavy atom. The van der Waals surface area contributed by atoms with E-state index in [1.54, 1.807) is 0 Å². The van der Waals surface area contributed by atoms with Crippen molar-refractivity contribution in [2.75, 3.05) is 6.73 Å². The lowest BCUT2D eigenvalue weighted by Gasteiger charge is -2.36. The molecule has 2 saturated carbocycles. The van der Waals surface area contributed by atoms with Gasteiger partial charge in [-0.05, 0) is 62.6 Å². The monoisotopic (exact) mass is 523 g/mol. The molecular formula is C24H34IN3O2. The van der Waals surface area contributed by atoms with E-state index >= 15 is 0 Å². The highest BCUT2D eigenvalue weighted by atomic mass is 127. The highest BCUT2D eigenvalue weighted by molar-refractivity contribution is 14.1. The molecule has 0 aromatic heterocycles. The van der Waals surface area contributed by atoms with Crippen LogP contribution >= 0.6 is 23.0 Å². The lowest BCUT2D eigenvalue weighted by molar-refractivity contribution is -0.0804. The fourth-order valence-corrected chi connectivity index (χ4v) is 7.24. The minimum Gasteiger partial charge on any atom is -0.370 e. The first-order valence-electron chi connectivity index (χ1n) is 11.6. The van der Waals surface area contributed by atoms with Crippen molar-refractivity contribution >= 4 is 29.0 Å². The van der Waals surface area contributed by atoms with Gasteiger partial charge in [0.15, 0.2) is 5.96 Å². The van der Waals surface area contributed by atoms with Crippen LogP contribution in [0.5, 0.6) is 0 Å². The number of fused-ring (bicyclic) bond motifs is 1. The van der Waals surface area contributed by atoms with Crippen LogP contribution in [0.15, 0.2) is 23.2 Å². The van der Waals surface area contributed by atoms with E-state index in [2.05, 4.69) is 66.9 Å². The van der Waals surface area contributed by atoms with Gasteiger partial charge in [-0.1, -0.05) is 38.0 Å². The van der Waals surface area contributed by atoms with Crippen LogP contribution in [0.2, 0.25) is 0 Å². The summed E-state index contributed by atoms with van der Waals surface area (Å²) in [5.41, 5.74) is 10.2. The lowest BCUT2D eigenvalue weighted by Crippen LogP contribution is -2.45. The summed E-state index contributed by atoms with van der Waals surface area (Å²) < 4.78 is 12.6. The average Bonchev–Trinajstić information content (AvgIpc) is 3.14. The van der Waals surface area contributed by atoms with Crippen LogP contribution in [0.4, 0.5) is 0 Å². The molecule has 0 amide bonds. The van der Waals surface area contributed by atoms with E-state index in [4.69, 9.17) is 18.5 Å². The second-order valence-electron chi connectivity index (χ2n) is 10.0. The number of rotatable bonds is 6. The zero-order chi connectivity index (χ0) is 21.1. The van der Waals surface area contributed by atoms with Crippen molar-refractivity contribution in [1.29, 1.82) is 0 Å². The molecule has 1 heterocycles. The summed E-state index contributed by atoms with van der Waals surface area (Å²) in [5.74, 6) is 0.631. The number of unbranched alkanes of at least 4 members (excludes halogenated alkanes) is 2. The maximum absolute atomic E-state index is 6.84. The van der Waals surface area contributed by atoms with Gasteiger partial charge in [0, 0.05) is 17.9 Å². The fraction of sp³-hybridized carbons (Fsp3) is 0.708. The Labute approximate surface area is 194 Å². The van der Waals surface area contributed by atoms with Crippen molar-refractivity contribution < 1.29 is 7.80 Å². The molecule has 2 unspecified atom stereocenters. The van der Waals surface area contributed by atoms with Crippen molar-refractivity contribution in [3.8, 4) is 0 Å². The zero-order valence-corrected chi connectivity index (χ0v) is 20.6. The number of benzene rings is 1. The molecule has 5 rings (SSSR count). The van der Waals surface area contributed by atoms with Gasteiger partial charge in [-0.3, -0.25) is 0 Å². The van der Waals surface area contributed by atoms with E-state index in [-0.39, 0.29) is 28.7 Å². The molecule has 6 heteroatoms. The van der Waals surface area contributed by atoms with Crippen molar-refractivity contribution in [2.45, 2.75) is 95.4 Å². The topological polar surface area (TPSA) is 60.1 Å². The number of nitrogens with zero attached hydrogens (tertiary/aromatic N) is 2. The van der Waals surface area contributed by atoms with Crippen molar-refractivity contribution in [2.24, 2.45) is 16.1 Å². The van der Waals surface area contributed by atoms with Crippen molar-refractivity contribution in [3.05, 3.63) is 34.9 Å². The first kappa shape index (κ1) is 21.0. The Hall–Kier alpha value is -0.860. The molecule has 1 aliphatic heterocycles. The van der Waals surface area contributed by atoms with Gasteiger partial charge in [0.1, 0.15) is 40.9 Å². The molecule has 1 aromatic rings. The van der Waals surface area contributed by atoms with Crippen LogP contribution in [-0.4, -0.2) is 35.3 Å². The lowest BCUT2D eigenvalue weighted by atomic mass is 9.81. The van der Waals surface area contributed by atoms with Crippen LogP contribution in [0.25, 0.3) is 0 Å². The maximum Gasteiger partial charge on any atom is 0.194 e. The van der Waals surface area contributed by atoms with E-state index in [0.717, 1.165) is 32.1 Å². The third-order valence-electron chi connectivity index (χ3n) is 8.30. The predicted molar refractivity (Wildman–Crippen MR) is 128 cm³/mol. The molecule has 1 aromatic carbocycles. The third-order valence-corrected chi connectivity index (χ3v) is 9.02. The van der Waals surface area contributed by atoms with E-state index in [1.165, 1.54) is 36.0 Å². The molecule has 30 heavy (non-hydrogen) atoms. The Balaban J connectivity index is 1.61. The maximum atomic E-state index is 6.84. The number of aliphatic imine (C=N–C) groups is 1. The molecule has 2 fully saturated rings. The Morgan fingerprint density at radius 1 is 1.37 bits per heavy atom. The Morgan fingerprint density at radius 3 is 2.93 bits per heavy atom. The molecule has 3 aliphatic carbocycles. The minimum atomic E-state index is -0.353.